The molecule has 72 valence electrons. The fourth-order valence-electron chi connectivity index (χ4n) is 1.02. The summed E-state index contributed by atoms with van der Waals surface area (Å²) in [4.78, 5) is 11.1. The van der Waals surface area contributed by atoms with Gasteiger partial charge in [-0.05, 0) is 12.1 Å². The van der Waals surface area contributed by atoms with Gasteiger partial charge in [-0.25, -0.2) is 4.39 Å². The summed E-state index contributed by atoms with van der Waals surface area (Å²) in [6, 6.07) is 3.48. The van der Waals surface area contributed by atoms with Crippen molar-refractivity contribution in [1.82, 2.24) is 0 Å². The lowest BCUT2D eigenvalue weighted by Gasteiger charge is -2.03. The van der Waals surface area contributed by atoms with Crippen molar-refractivity contribution in [3.8, 4) is 11.8 Å². The molecule has 0 aliphatic carbocycles. The molecule has 14 heavy (non-hydrogen) atoms. The van der Waals surface area contributed by atoms with Gasteiger partial charge in [-0.3, -0.25) is 4.79 Å². The van der Waals surface area contributed by atoms with E-state index in [0.29, 0.717) is 0 Å². The summed E-state index contributed by atoms with van der Waals surface area (Å²) in [5.41, 5.74) is -0.835. The fraction of sp³-hybridized carbons (Fsp3) is 0.111. The van der Waals surface area contributed by atoms with Gasteiger partial charge in [0, 0.05) is 0 Å². The Hall–Kier alpha value is -1.60. The van der Waals surface area contributed by atoms with Crippen molar-refractivity contribution in [3.63, 3.8) is 0 Å². The number of halogens is 2. The van der Waals surface area contributed by atoms with Gasteiger partial charge in [0.2, 0.25) is 0 Å². The highest BCUT2D eigenvalue weighted by Gasteiger charge is 2.18. The molecule has 0 unspecified atom stereocenters. The molecular weight excluding hydrogens is 209 g/mol. The van der Waals surface area contributed by atoms with Gasteiger partial charge in [-0.15, -0.1) is 11.6 Å². The van der Waals surface area contributed by atoms with Crippen molar-refractivity contribution in [2.45, 2.75) is 0 Å². The summed E-state index contributed by atoms with van der Waals surface area (Å²) in [5, 5.41) is 17.8. The largest absolute Gasteiger partial charge is 0.507 e. The summed E-state index contributed by atoms with van der Waals surface area (Å²) < 4.78 is 13.1. The van der Waals surface area contributed by atoms with Gasteiger partial charge in [0.25, 0.3) is 0 Å². The van der Waals surface area contributed by atoms with E-state index in [-0.39, 0.29) is 5.56 Å². The summed E-state index contributed by atoms with van der Waals surface area (Å²) in [5.74, 6) is -2.45. The third kappa shape index (κ3) is 1.68. The molecule has 0 bridgehead atoms. The maximum Gasteiger partial charge on any atom is 0.182 e. The van der Waals surface area contributed by atoms with E-state index in [0.717, 1.165) is 12.1 Å². The standard InChI is InChI=1S/C9H5ClFNO2/c10-3-8(14)9-5(4-12)7(13)2-1-6(9)11/h1-2,13H,3H2. The van der Waals surface area contributed by atoms with Crippen molar-refractivity contribution in [1.29, 1.82) is 5.26 Å². The maximum absolute atomic E-state index is 13.1. The molecule has 1 aromatic carbocycles. The van der Waals surface area contributed by atoms with Crippen molar-refractivity contribution in [3.05, 3.63) is 29.1 Å². The van der Waals surface area contributed by atoms with E-state index in [9.17, 15) is 14.3 Å². The minimum absolute atomic E-state index is 0.379. The highest BCUT2D eigenvalue weighted by atomic mass is 35.5. The summed E-state index contributed by atoms with van der Waals surface area (Å²) in [7, 11) is 0. The second-order valence-electron chi connectivity index (χ2n) is 2.49. The first-order valence-electron chi connectivity index (χ1n) is 3.62. The average Bonchev–Trinajstić information content (AvgIpc) is 2.19. The number of benzene rings is 1. The molecule has 0 aliphatic heterocycles. The maximum atomic E-state index is 13.1. The number of carbonyl (C=O) groups is 1. The Balaban J connectivity index is 3.47. The molecule has 0 saturated heterocycles. The van der Waals surface area contributed by atoms with E-state index in [1.807, 2.05) is 0 Å². The minimum atomic E-state index is -0.856. The number of nitriles is 1. The second kappa shape index (κ2) is 4.07. The highest BCUT2D eigenvalue weighted by molar-refractivity contribution is 6.30. The molecule has 0 saturated carbocycles. The smallest absolute Gasteiger partial charge is 0.182 e. The predicted molar refractivity (Wildman–Crippen MR) is 47.8 cm³/mol. The molecule has 1 aromatic rings. The van der Waals surface area contributed by atoms with Crippen molar-refractivity contribution in [2.75, 3.05) is 5.88 Å². The van der Waals surface area contributed by atoms with Gasteiger partial charge in [-0.1, -0.05) is 0 Å². The van der Waals surface area contributed by atoms with Crippen LogP contribution in [-0.2, 0) is 0 Å². The van der Waals surface area contributed by atoms with Crippen LogP contribution in [0.25, 0.3) is 0 Å². The van der Waals surface area contributed by atoms with Crippen LogP contribution in [0.1, 0.15) is 15.9 Å². The average molecular weight is 214 g/mol. The van der Waals surface area contributed by atoms with Crippen LogP contribution in [0.4, 0.5) is 4.39 Å². The van der Waals surface area contributed by atoms with Gasteiger partial charge < -0.3 is 5.11 Å². The van der Waals surface area contributed by atoms with E-state index < -0.39 is 28.8 Å². The van der Waals surface area contributed by atoms with E-state index >= 15 is 0 Å². The molecule has 0 heterocycles. The zero-order valence-corrected chi connectivity index (χ0v) is 7.68. The number of nitrogens with zero attached hydrogens (tertiary/aromatic N) is 1. The molecule has 1 rings (SSSR count). The number of hydrogen-bond donors (Lipinski definition) is 1. The summed E-state index contributed by atoms with van der Waals surface area (Å²) in [6.45, 7) is 0. The van der Waals surface area contributed by atoms with E-state index in [4.69, 9.17) is 16.9 Å². The molecule has 0 aromatic heterocycles. The highest BCUT2D eigenvalue weighted by Crippen LogP contribution is 2.23. The molecule has 0 amide bonds. The number of phenolic OH excluding ortho intramolecular Hbond substituents is 1. The Morgan fingerprint density at radius 1 is 1.64 bits per heavy atom. The number of aromatic hydroxyl groups is 1. The van der Waals surface area contributed by atoms with E-state index in [2.05, 4.69) is 0 Å². The predicted octanol–water partition coefficient (Wildman–Crippen LogP) is 1.82. The van der Waals surface area contributed by atoms with Crippen molar-refractivity contribution < 1.29 is 14.3 Å². The first kappa shape index (κ1) is 10.5. The normalized spacial score (nSPS) is 9.50. The second-order valence-corrected chi connectivity index (χ2v) is 2.75. The third-order valence-corrected chi connectivity index (χ3v) is 1.89. The molecular formula is C9H5ClFNO2. The zero-order chi connectivity index (χ0) is 10.7. The lowest BCUT2D eigenvalue weighted by molar-refractivity contribution is 0.101. The van der Waals surface area contributed by atoms with Crippen molar-refractivity contribution >= 4 is 17.4 Å². The van der Waals surface area contributed by atoms with Crippen LogP contribution < -0.4 is 0 Å². The van der Waals surface area contributed by atoms with Gasteiger partial charge >= 0.3 is 0 Å². The molecule has 0 spiro atoms. The summed E-state index contributed by atoms with van der Waals surface area (Å²) in [6.07, 6.45) is 0. The number of carbonyl (C=O) groups excluding carboxylic acids is 1. The summed E-state index contributed by atoms with van der Waals surface area (Å²) >= 11 is 5.23. The molecule has 3 nitrogen and oxygen atoms in total. The Kier molecular flexibility index (Phi) is 3.05. The van der Waals surface area contributed by atoms with Crippen molar-refractivity contribution in [2.24, 2.45) is 0 Å². The SMILES string of the molecule is N#Cc1c(O)ccc(F)c1C(=O)CCl. The minimum Gasteiger partial charge on any atom is -0.507 e. The van der Waals surface area contributed by atoms with Crippen LogP contribution in [0.5, 0.6) is 5.75 Å². The van der Waals surface area contributed by atoms with E-state index in [1.54, 1.807) is 6.07 Å². The number of ketones is 1. The van der Waals surface area contributed by atoms with Crippen LogP contribution in [0.15, 0.2) is 12.1 Å². The third-order valence-electron chi connectivity index (χ3n) is 1.64. The quantitative estimate of drug-likeness (QED) is 0.602. The molecule has 0 radical (unpaired) electrons. The van der Waals surface area contributed by atoms with Gasteiger partial charge in [-0.2, -0.15) is 5.26 Å². The Morgan fingerprint density at radius 2 is 2.29 bits per heavy atom. The molecule has 0 aliphatic rings. The number of rotatable bonds is 2. The zero-order valence-electron chi connectivity index (χ0n) is 6.92. The van der Waals surface area contributed by atoms with Gasteiger partial charge in [0.1, 0.15) is 23.2 Å². The van der Waals surface area contributed by atoms with Crippen LogP contribution in [0.3, 0.4) is 0 Å². The van der Waals surface area contributed by atoms with E-state index in [1.165, 1.54) is 0 Å². The topological polar surface area (TPSA) is 61.1 Å². The first-order valence-corrected chi connectivity index (χ1v) is 4.16. The molecule has 0 atom stereocenters. The Labute approximate surface area is 84.3 Å². The number of phenols is 1. The lowest BCUT2D eigenvalue weighted by atomic mass is 10.0. The first-order chi connectivity index (χ1) is 6.61. The number of alkyl halides is 1. The van der Waals surface area contributed by atoms with Crippen LogP contribution in [0, 0.1) is 17.1 Å². The lowest BCUT2D eigenvalue weighted by Crippen LogP contribution is -2.06. The Bertz CT molecular complexity index is 426. The molecule has 5 heteroatoms. The van der Waals surface area contributed by atoms with Crippen LogP contribution in [-0.4, -0.2) is 16.8 Å². The molecule has 1 N–H and O–H groups in total. The van der Waals surface area contributed by atoms with Crippen LogP contribution in [0.2, 0.25) is 0 Å². The monoisotopic (exact) mass is 213 g/mol. The fourth-order valence-corrected chi connectivity index (χ4v) is 1.15. The van der Waals surface area contributed by atoms with Crippen LogP contribution >= 0.6 is 11.6 Å². The molecule has 0 fully saturated rings. The van der Waals surface area contributed by atoms with Gasteiger partial charge in [0.05, 0.1) is 11.4 Å². The van der Waals surface area contributed by atoms with Gasteiger partial charge in [0.15, 0.2) is 5.78 Å². The number of hydrogen-bond acceptors (Lipinski definition) is 3. The number of Topliss-reactive ketones (excluding diaryl/α,β-unsaturated/α-hetero) is 1. The Morgan fingerprint density at radius 3 is 2.79 bits per heavy atom.